The van der Waals surface area contributed by atoms with Gasteiger partial charge in [0.25, 0.3) is 0 Å². The SMILES string of the molecule is CNC(Cc1ncccc1C)c1ccc(F)cc1. The molecule has 0 aliphatic carbocycles. The number of aromatic nitrogens is 1. The van der Waals surface area contributed by atoms with Gasteiger partial charge < -0.3 is 5.32 Å². The van der Waals surface area contributed by atoms with Crippen molar-refractivity contribution in [3.8, 4) is 0 Å². The van der Waals surface area contributed by atoms with Crippen LogP contribution in [0.1, 0.15) is 22.9 Å². The quantitative estimate of drug-likeness (QED) is 0.894. The Morgan fingerprint density at radius 2 is 1.94 bits per heavy atom. The van der Waals surface area contributed by atoms with E-state index in [0.29, 0.717) is 0 Å². The summed E-state index contributed by atoms with van der Waals surface area (Å²) in [5.74, 6) is -0.206. The zero-order valence-corrected chi connectivity index (χ0v) is 10.7. The van der Waals surface area contributed by atoms with Gasteiger partial charge in [0.15, 0.2) is 0 Å². The number of hydrogen-bond donors (Lipinski definition) is 1. The summed E-state index contributed by atoms with van der Waals surface area (Å²) in [5, 5.41) is 3.25. The predicted molar refractivity (Wildman–Crippen MR) is 70.9 cm³/mol. The molecule has 0 saturated heterocycles. The van der Waals surface area contributed by atoms with Crippen molar-refractivity contribution in [3.05, 3.63) is 65.2 Å². The molecule has 94 valence electrons. The summed E-state index contributed by atoms with van der Waals surface area (Å²) in [5.41, 5.74) is 3.32. The van der Waals surface area contributed by atoms with Crippen molar-refractivity contribution in [2.75, 3.05) is 7.05 Å². The van der Waals surface area contributed by atoms with Gasteiger partial charge in [-0.3, -0.25) is 4.98 Å². The van der Waals surface area contributed by atoms with Crippen LogP contribution in [0, 0.1) is 12.7 Å². The van der Waals surface area contributed by atoms with Gasteiger partial charge in [0.05, 0.1) is 0 Å². The molecule has 0 aliphatic heterocycles. The first-order valence-corrected chi connectivity index (χ1v) is 6.04. The molecule has 2 aromatic rings. The number of nitrogens with one attached hydrogen (secondary N) is 1. The van der Waals surface area contributed by atoms with Crippen molar-refractivity contribution in [2.24, 2.45) is 0 Å². The van der Waals surface area contributed by atoms with E-state index in [1.165, 1.54) is 17.7 Å². The van der Waals surface area contributed by atoms with Crippen molar-refractivity contribution in [3.63, 3.8) is 0 Å². The van der Waals surface area contributed by atoms with E-state index in [4.69, 9.17) is 0 Å². The highest BCUT2D eigenvalue weighted by molar-refractivity contribution is 5.24. The molecular formula is C15H17FN2. The van der Waals surface area contributed by atoms with E-state index in [9.17, 15) is 4.39 Å². The number of pyridine rings is 1. The molecule has 1 aromatic heterocycles. The standard InChI is InChI=1S/C15H17FN2/c1-11-4-3-9-18-14(11)10-15(17-2)12-5-7-13(16)8-6-12/h3-9,15,17H,10H2,1-2H3. The minimum Gasteiger partial charge on any atom is -0.313 e. The molecule has 1 N–H and O–H groups in total. The Morgan fingerprint density at radius 1 is 1.22 bits per heavy atom. The maximum absolute atomic E-state index is 12.9. The fourth-order valence-electron chi connectivity index (χ4n) is 2.01. The number of rotatable bonds is 4. The van der Waals surface area contributed by atoms with Crippen molar-refractivity contribution in [2.45, 2.75) is 19.4 Å². The van der Waals surface area contributed by atoms with Gasteiger partial charge in [-0.15, -0.1) is 0 Å². The average molecular weight is 244 g/mol. The minimum absolute atomic E-state index is 0.152. The van der Waals surface area contributed by atoms with E-state index >= 15 is 0 Å². The highest BCUT2D eigenvalue weighted by Crippen LogP contribution is 2.19. The number of aryl methyl sites for hydroxylation is 1. The average Bonchev–Trinajstić information content (AvgIpc) is 2.39. The van der Waals surface area contributed by atoms with Crippen LogP contribution in [0.4, 0.5) is 4.39 Å². The third kappa shape index (κ3) is 2.93. The van der Waals surface area contributed by atoms with Crippen molar-refractivity contribution in [1.29, 1.82) is 0 Å². The van der Waals surface area contributed by atoms with Crippen LogP contribution in [0.3, 0.4) is 0 Å². The third-order valence-electron chi connectivity index (χ3n) is 3.14. The van der Waals surface area contributed by atoms with Crippen molar-refractivity contribution in [1.82, 2.24) is 10.3 Å². The maximum Gasteiger partial charge on any atom is 0.123 e. The van der Waals surface area contributed by atoms with Crippen LogP contribution >= 0.6 is 0 Å². The molecule has 2 nitrogen and oxygen atoms in total. The highest BCUT2D eigenvalue weighted by Gasteiger charge is 2.12. The summed E-state index contributed by atoms with van der Waals surface area (Å²) >= 11 is 0. The number of halogens is 1. The molecule has 0 spiro atoms. The number of likely N-dealkylation sites (N-methyl/N-ethyl adjacent to an activating group) is 1. The number of nitrogens with zero attached hydrogens (tertiary/aromatic N) is 1. The Kier molecular flexibility index (Phi) is 4.05. The molecule has 2 rings (SSSR count). The van der Waals surface area contributed by atoms with E-state index < -0.39 is 0 Å². The number of benzene rings is 1. The molecule has 18 heavy (non-hydrogen) atoms. The van der Waals surface area contributed by atoms with Gasteiger partial charge in [0, 0.05) is 24.4 Å². The van der Waals surface area contributed by atoms with Crippen molar-refractivity contribution >= 4 is 0 Å². The fourth-order valence-corrected chi connectivity index (χ4v) is 2.01. The Labute approximate surface area is 107 Å². The van der Waals surface area contributed by atoms with E-state index in [-0.39, 0.29) is 11.9 Å². The predicted octanol–water partition coefficient (Wildman–Crippen LogP) is 3.03. The Balaban J connectivity index is 2.20. The van der Waals surface area contributed by atoms with Gasteiger partial charge in [-0.1, -0.05) is 18.2 Å². The largest absolute Gasteiger partial charge is 0.313 e. The van der Waals surface area contributed by atoms with Crippen LogP contribution in [-0.4, -0.2) is 12.0 Å². The van der Waals surface area contributed by atoms with Crippen LogP contribution in [0.2, 0.25) is 0 Å². The molecule has 1 heterocycles. The molecule has 1 unspecified atom stereocenters. The molecule has 3 heteroatoms. The molecule has 1 aromatic carbocycles. The Bertz CT molecular complexity index is 508. The van der Waals surface area contributed by atoms with Gasteiger partial charge in [-0.05, 0) is 43.3 Å². The topological polar surface area (TPSA) is 24.9 Å². The molecular weight excluding hydrogens is 227 g/mol. The zero-order chi connectivity index (χ0) is 13.0. The second-order valence-electron chi connectivity index (χ2n) is 4.36. The lowest BCUT2D eigenvalue weighted by Gasteiger charge is -2.17. The van der Waals surface area contributed by atoms with E-state index in [1.54, 1.807) is 6.20 Å². The molecule has 0 bridgehead atoms. The maximum atomic E-state index is 12.9. The Morgan fingerprint density at radius 3 is 2.56 bits per heavy atom. The Hall–Kier alpha value is -1.74. The van der Waals surface area contributed by atoms with E-state index in [2.05, 4.69) is 23.3 Å². The van der Waals surface area contributed by atoms with Crippen LogP contribution < -0.4 is 5.32 Å². The summed E-state index contributed by atoms with van der Waals surface area (Å²) < 4.78 is 12.9. The van der Waals surface area contributed by atoms with Gasteiger partial charge in [0.2, 0.25) is 0 Å². The highest BCUT2D eigenvalue weighted by atomic mass is 19.1. The van der Waals surface area contributed by atoms with Gasteiger partial charge in [0.1, 0.15) is 5.82 Å². The summed E-state index contributed by atoms with van der Waals surface area (Å²) in [7, 11) is 1.91. The molecule has 0 fully saturated rings. The summed E-state index contributed by atoms with van der Waals surface area (Å²) in [6.45, 7) is 2.06. The van der Waals surface area contributed by atoms with Crippen LogP contribution in [0.5, 0.6) is 0 Å². The van der Waals surface area contributed by atoms with Crippen LogP contribution in [0.15, 0.2) is 42.6 Å². The molecule has 1 atom stereocenters. The van der Waals surface area contributed by atoms with Crippen LogP contribution in [-0.2, 0) is 6.42 Å². The van der Waals surface area contributed by atoms with E-state index in [0.717, 1.165) is 17.7 Å². The minimum atomic E-state index is -0.206. The molecule has 0 radical (unpaired) electrons. The molecule has 0 saturated carbocycles. The monoisotopic (exact) mass is 244 g/mol. The molecule has 0 aliphatic rings. The lowest BCUT2D eigenvalue weighted by molar-refractivity contribution is 0.578. The van der Waals surface area contributed by atoms with Gasteiger partial charge >= 0.3 is 0 Å². The van der Waals surface area contributed by atoms with Gasteiger partial charge in [-0.2, -0.15) is 0 Å². The second kappa shape index (κ2) is 5.74. The van der Waals surface area contributed by atoms with Crippen LogP contribution in [0.25, 0.3) is 0 Å². The summed E-state index contributed by atoms with van der Waals surface area (Å²) in [4.78, 5) is 4.40. The first-order valence-electron chi connectivity index (χ1n) is 6.04. The van der Waals surface area contributed by atoms with Gasteiger partial charge in [-0.25, -0.2) is 4.39 Å². The smallest absolute Gasteiger partial charge is 0.123 e. The third-order valence-corrected chi connectivity index (χ3v) is 3.14. The summed E-state index contributed by atoms with van der Waals surface area (Å²) in [6.07, 6.45) is 2.61. The zero-order valence-electron chi connectivity index (χ0n) is 10.7. The molecule has 0 amide bonds. The first kappa shape index (κ1) is 12.7. The normalized spacial score (nSPS) is 12.4. The summed E-state index contributed by atoms with van der Waals surface area (Å²) in [6, 6.07) is 10.8. The fraction of sp³-hybridized carbons (Fsp3) is 0.267. The number of hydrogen-bond acceptors (Lipinski definition) is 2. The first-order chi connectivity index (χ1) is 8.70. The second-order valence-corrected chi connectivity index (χ2v) is 4.36. The van der Waals surface area contributed by atoms with Crippen molar-refractivity contribution < 1.29 is 4.39 Å². The lowest BCUT2D eigenvalue weighted by Crippen LogP contribution is -2.19. The lowest BCUT2D eigenvalue weighted by atomic mass is 10.00. The van der Waals surface area contributed by atoms with E-state index in [1.807, 2.05) is 25.2 Å².